The molecular formula is C19H24N6O. The van der Waals surface area contributed by atoms with E-state index in [1.54, 1.807) is 12.4 Å². The van der Waals surface area contributed by atoms with Crippen molar-refractivity contribution >= 4 is 11.7 Å². The Hall–Kier alpha value is -3.09. The summed E-state index contributed by atoms with van der Waals surface area (Å²) in [5.74, 6) is 1.41. The molecular weight excluding hydrogens is 328 g/mol. The molecule has 2 amide bonds. The third kappa shape index (κ3) is 4.30. The van der Waals surface area contributed by atoms with Crippen molar-refractivity contribution in [1.82, 2.24) is 25.1 Å². The summed E-state index contributed by atoms with van der Waals surface area (Å²) in [7, 11) is 0. The molecule has 3 aromatic rings. The molecule has 0 aliphatic rings. The molecule has 136 valence electrons. The lowest BCUT2D eigenvalue weighted by atomic mass is 10.1. The van der Waals surface area contributed by atoms with Crippen molar-refractivity contribution in [3.63, 3.8) is 0 Å². The van der Waals surface area contributed by atoms with E-state index in [1.165, 1.54) is 0 Å². The molecule has 0 bridgehead atoms. The number of benzene rings is 1. The first-order valence-corrected chi connectivity index (χ1v) is 8.69. The van der Waals surface area contributed by atoms with Crippen LogP contribution in [0.15, 0.2) is 49.1 Å². The first-order chi connectivity index (χ1) is 12.5. The van der Waals surface area contributed by atoms with Gasteiger partial charge in [0.25, 0.3) is 0 Å². The van der Waals surface area contributed by atoms with Gasteiger partial charge >= 0.3 is 6.03 Å². The number of urea groups is 1. The van der Waals surface area contributed by atoms with E-state index < -0.39 is 0 Å². The minimum atomic E-state index is -0.249. The maximum atomic E-state index is 12.2. The van der Waals surface area contributed by atoms with E-state index >= 15 is 0 Å². The van der Waals surface area contributed by atoms with Crippen molar-refractivity contribution in [1.29, 1.82) is 0 Å². The monoisotopic (exact) mass is 352 g/mol. The van der Waals surface area contributed by atoms with Gasteiger partial charge in [0.15, 0.2) is 0 Å². The lowest BCUT2D eigenvalue weighted by Gasteiger charge is -2.14. The van der Waals surface area contributed by atoms with Crippen molar-refractivity contribution < 1.29 is 4.79 Å². The van der Waals surface area contributed by atoms with E-state index in [0.717, 1.165) is 29.2 Å². The Balaban J connectivity index is 1.63. The number of aromatic amines is 1. The topological polar surface area (TPSA) is 87.6 Å². The van der Waals surface area contributed by atoms with Crippen LogP contribution in [0.25, 0.3) is 0 Å². The Kier molecular flexibility index (Phi) is 5.36. The van der Waals surface area contributed by atoms with Gasteiger partial charge in [-0.1, -0.05) is 26.0 Å². The zero-order valence-electron chi connectivity index (χ0n) is 15.2. The third-order valence-electron chi connectivity index (χ3n) is 4.17. The number of aromatic nitrogens is 4. The van der Waals surface area contributed by atoms with E-state index in [1.807, 2.05) is 43.6 Å². The molecule has 2 heterocycles. The van der Waals surface area contributed by atoms with E-state index in [9.17, 15) is 4.79 Å². The summed E-state index contributed by atoms with van der Waals surface area (Å²) in [6, 6.07) is 7.46. The van der Waals surface area contributed by atoms with Gasteiger partial charge in [0.2, 0.25) is 0 Å². The van der Waals surface area contributed by atoms with Gasteiger partial charge in [0.1, 0.15) is 5.82 Å². The van der Waals surface area contributed by atoms with E-state index in [0.29, 0.717) is 5.92 Å². The van der Waals surface area contributed by atoms with Gasteiger partial charge in [-0.25, -0.2) is 9.78 Å². The zero-order valence-corrected chi connectivity index (χ0v) is 15.2. The van der Waals surface area contributed by atoms with E-state index in [4.69, 9.17) is 0 Å². The maximum Gasteiger partial charge on any atom is 0.319 e. The summed E-state index contributed by atoms with van der Waals surface area (Å²) >= 11 is 0. The number of hydrogen-bond donors (Lipinski definition) is 3. The van der Waals surface area contributed by atoms with Gasteiger partial charge in [-0.3, -0.25) is 5.10 Å². The highest BCUT2D eigenvalue weighted by molar-refractivity contribution is 5.89. The molecule has 7 nitrogen and oxygen atoms in total. The van der Waals surface area contributed by atoms with Crippen LogP contribution in [0, 0.1) is 0 Å². The molecule has 0 radical (unpaired) electrons. The lowest BCUT2D eigenvalue weighted by molar-refractivity contribution is 0.249. The fourth-order valence-electron chi connectivity index (χ4n) is 2.84. The predicted octanol–water partition coefficient (Wildman–Crippen LogP) is 3.66. The Labute approximate surface area is 152 Å². The smallest absolute Gasteiger partial charge is 0.319 e. The molecule has 3 N–H and O–H groups in total. The molecule has 0 fully saturated rings. The first-order valence-electron chi connectivity index (χ1n) is 8.69. The second-order valence-electron chi connectivity index (χ2n) is 6.62. The van der Waals surface area contributed by atoms with Gasteiger partial charge in [-0.15, -0.1) is 0 Å². The number of carbonyl (C=O) groups is 1. The molecule has 0 unspecified atom stereocenters. The summed E-state index contributed by atoms with van der Waals surface area (Å²) in [6.45, 7) is 6.88. The van der Waals surface area contributed by atoms with Crippen LogP contribution in [0.4, 0.5) is 10.5 Å². The van der Waals surface area contributed by atoms with Crippen LogP contribution < -0.4 is 10.6 Å². The Morgan fingerprint density at radius 2 is 2.15 bits per heavy atom. The molecule has 26 heavy (non-hydrogen) atoms. The lowest BCUT2D eigenvalue weighted by Crippen LogP contribution is -2.31. The number of rotatable bonds is 6. The van der Waals surface area contributed by atoms with Crippen LogP contribution in [0.5, 0.6) is 0 Å². The molecule has 0 saturated heterocycles. The quantitative estimate of drug-likeness (QED) is 0.632. The average Bonchev–Trinajstić information content (AvgIpc) is 3.26. The maximum absolute atomic E-state index is 12.2. The normalized spacial score (nSPS) is 12.2. The molecule has 2 aromatic heterocycles. The Morgan fingerprint density at radius 1 is 1.31 bits per heavy atom. The van der Waals surface area contributed by atoms with Gasteiger partial charge in [-0.2, -0.15) is 5.10 Å². The molecule has 7 heteroatoms. The number of amides is 2. The molecule has 0 spiro atoms. The van der Waals surface area contributed by atoms with Crippen LogP contribution in [0.2, 0.25) is 0 Å². The molecule has 0 aliphatic heterocycles. The number of hydrogen-bond acceptors (Lipinski definition) is 3. The molecule has 3 rings (SSSR count). The zero-order chi connectivity index (χ0) is 18.5. The summed E-state index contributed by atoms with van der Waals surface area (Å²) < 4.78 is 2.13. The molecule has 1 aromatic carbocycles. The molecule has 0 aliphatic carbocycles. The number of imidazole rings is 1. The van der Waals surface area contributed by atoms with Crippen molar-refractivity contribution in [3.05, 3.63) is 66.0 Å². The van der Waals surface area contributed by atoms with Crippen LogP contribution in [0.3, 0.4) is 0 Å². The Morgan fingerprint density at radius 3 is 2.88 bits per heavy atom. The van der Waals surface area contributed by atoms with Crippen LogP contribution >= 0.6 is 0 Å². The standard InChI is InChI=1S/C19H24N6O/c1-13(2)18-20-7-8-25(18)12-15-5-4-6-17(9-15)24-19(26)23-14(3)16-10-21-22-11-16/h4-11,13-14H,12H2,1-3H3,(H,21,22)(H2,23,24,26)/t14-/m0/s1. The van der Waals surface area contributed by atoms with Crippen molar-refractivity contribution in [2.24, 2.45) is 0 Å². The summed E-state index contributed by atoms with van der Waals surface area (Å²) in [5.41, 5.74) is 2.78. The number of H-pyrrole nitrogens is 1. The van der Waals surface area contributed by atoms with Crippen LogP contribution in [-0.4, -0.2) is 25.8 Å². The largest absolute Gasteiger partial charge is 0.331 e. The fraction of sp³-hybridized carbons (Fsp3) is 0.316. The van der Waals surface area contributed by atoms with Crippen LogP contribution in [0.1, 0.15) is 49.7 Å². The van der Waals surface area contributed by atoms with Gasteiger partial charge in [-0.05, 0) is 24.6 Å². The summed E-state index contributed by atoms with van der Waals surface area (Å²) in [6.07, 6.45) is 7.27. The number of nitrogens with zero attached hydrogens (tertiary/aromatic N) is 3. The fourth-order valence-corrected chi connectivity index (χ4v) is 2.84. The molecule has 0 saturated carbocycles. The van der Waals surface area contributed by atoms with E-state index in [2.05, 4.69) is 44.2 Å². The van der Waals surface area contributed by atoms with Gasteiger partial charge < -0.3 is 15.2 Å². The minimum Gasteiger partial charge on any atom is -0.331 e. The highest BCUT2D eigenvalue weighted by Gasteiger charge is 2.11. The summed E-state index contributed by atoms with van der Waals surface area (Å²) in [5, 5.41) is 12.4. The van der Waals surface area contributed by atoms with Crippen molar-refractivity contribution in [2.75, 3.05) is 5.32 Å². The van der Waals surface area contributed by atoms with E-state index in [-0.39, 0.29) is 12.1 Å². The third-order valence-corrected chi connectivity index (χ3v) is 4.17. The number of carbonyl (C=O) groups excluding carboxylic acids is 1. The number of nitrogens with one attached hydrogen (secondary N) is 3. The molecule has 1 atom stereocenters. The Bertz CT molecular complexity index is 853. The average molecular weight is 352 g/mol. The van der Waals surface area contributed by atoms with Crippen molar-refractivity contribution in [3.8, 4) is 0 Å². The van der Waals surface area contributed by atoms with Gasteiger partial charge in [0, 0.05) is 42.3 Å². The predicted molar refractivity (Wildman–Crippen MR) is 101 cm³/mol. The highest BCUT2D eigenvalue weighted by atomic mass is 16.2. The summed E-state index contributed by atoms with van der Waals surface area (Å²) in [4.78, 5) is 16.6. The SMILES string of the molecule is CC(C)c1nccn1Cc1cccc(NC(=O)N[C@@H](C)c2cn[nH]c2)c1. The minimum absolute atomic E-state index is 0.128. The highest BCUT2D eigenvalue weighted by Crippen LogP contribution is 2.17. The van der Waals surface area contributed by atoms with Crippen LogP contribution in [-0.2, 0) is 6.54 Å². The first kappa shape index (κ1) is 17.7. The second kappa shape index (κ2) is 7.86. The van der Waals surface area contributed by atoms with Crippen molar-refractivity contribution in [2.45, 2.75) is 39.3 Å². The number of anilines is 1. The second-order valence-corrected chi connectivity index (χ2v) is 6.62. The van der Waals surface area contributed by atoms with Gasteiger partial charge in [0.05, 0.1) is 12.2 Å².